The number of hydrogen-bond donors (Lipinski definition) is 3. The molecule has 1 aliphatic rings. The summed E-state index contributed by atoms with van der Waals surface area (Å²) >= 11 is 0. The van der Waals surface area contributed by atoms with E-state index < -0.39 is 17.6 Å². The number of allylic oxidation sites excluding steroid dienone is 3. The first kappa shape index (κ1) is 24.4. The van der Waals surface area contributed by atoms with E-state index in [9.17, 15) is 19.4 Å². The van der Waals surface area contributed by atoms with E-state index in [1.165, 1.54) is 30.3 Å². The number of aliphatic hydroxyl groups is 2. The van der Waals surface area contributed by atoms with Crippen LogP contribution in [-0.4, -0.2) is 41.0 Å². The minimum Gasteiger partial charge on any atom is -0.491 e. The van der Waals surface area contributed by atoms with Gasteiger partial charge in [-0.3, -0.25) is 4.79 Å². The SMILES string of the molecule is CC(C)(CC(=O)ONC1C=C1)CC(O)C#CC=CC=CC(O)COc1ccc(F)cc1. The summed E-state index contributed by atoms with van der Waals surface area (Å²) in [5.74, 6) is 5.16. The highest BCUT2D eigenvalue weighted by Crippen LogP contribution is 2.27. The van der Waals surface area contributed by atoms with Crippen molar-refractivity contribution in [3.63, 3.8) is 0 Å². The van der Waals surface area contributed by atoms with Crippen LogP contribution in [0.4, 0.5) is 4.39 Å². The monoisotopic (exact) mass is 429 g/mol. The van der Waals surface area contributed by atoms with Crippen LogP contribution in [0.2, 0.25) is 0 Å². The second kappa shape index (κ2) is 12.1. The first-order chi connectivity index (χ1) is 14.7. The maximum atomic E-state index is 12.8. The van der Waals surface area contributed by atoms with Gasteiger partial charge in [0.15, 0.2) is 0 Å². The zero-order valence-corrected chi connectivity index (χ0v) is 17.6. The zero-order chi connectivity index (χ0) is 22.7. The van der Waals surface area contributed by atoms with Crippen LogP contribution >= 0.6 is 0 Å². The molecule has 0 aromatic heterocycles. The maximum absolute atomic E-state index is 12.8. The summed E-state index contributed by atoms with van der Waals surface area (Å²) in [5, 5.41) is 19.9. The Morgan fingerprint density at radius 2 is 1.97 bits per heavy atom. The predicted molar refractivity (Wildman–Crippen MR) is 115 cm³/mol. The summed E-state index contributed by atoms with van der Waals surface area (Å²) in [7, 11) is 0. The lowest BCUT2D eigenvalue weighted by molar-refractivity contribution is -0.153. The van der Waals surface area contributed by atoms with Crippen LogP contribution in [0.15, 0.2) is 60.7 Å². The van der Waals surface area contributed by atoms with Crippen molar-refractivity contribution in [2.75, 3.05) is 6.61 Å². The molecule has 7 heteroatoms. The third-order valence-electron chi connectivity index (χ3n) is 4.17. The molecule has 0 heterocycles. The minimum absolute atomic E-state index is 0.0323. The number of benzene rings is 1. The van der Waals surface area contributed by atoms with Gasteiger partial charge in [0.25, 0.3) is 0 Å². The molecule has 1 aromatic carbocycles. The van der Waals surface area contributed by atoms with Crippen LogP contribution in [0.25, 0.3) is 0 Å². The number of rotatable bonds is 11. The molecule has 0 fully saturated rings. The number of hydrogen-bond acceptors (Lipinski definition) is 6. The third-order valence-corrected chi connectivity index (χ3v) is 4.17. The van der Waals surface area contributed by atoms with Crippen LogP contribution < -0.4 is 10.2 Å². The van der Waals surface area contributed by atoms with Crippen LogP contribution in [0, 0.1) is 23.1 Å². The Balaban J connectivity index is 1.65. The molecule has 0 bridgehead atoms. The molecular weight excluding hydrogens is 401 g/mol. The van der Waals surface area contributed by atoms with Gasteiger partial charge < -0.3 is 19.8 Å². The van der Waals surface area contributed by atoms with E-state index >= 15 is 0 Å². The number of nitrogens with one attached hydrogen (secondary N) is 1. The highest BCUT2D eigenvalue weighted by atomic mass is 19.1. The van der Waals surface area contributed by atoms with E-state index in [0.29, 0.717) is 12.2 Å². The van der Waals surface area contributed by atoms with Gasteiger partial charge >= 0.3 is 5.97 Å². The van der Waals surface area contributed by atoms with Gasteiger partial charge in [0.2, 0.25) is 0 Å². The van der Waals surface area contributed by atoms with Crippen molar-refractivity contribution in [3.05, 3.63) is 66.5 Å². The summed E-state index contributed by atoms with van der Waals surface area (Å²) in [4.78, 5) is 16.7. The molecule has 2 rings (SSSR count). The summed E-state index contributed by atoms with van der Waals surface area (Å²) < 4.78 is 18.2. The molecule has 0 radical (unpaired) electrons. The molecule has 6 nitrogen and oxygen atoms in total. The van der Waals surface area contributed by atoms with Gasteiger partial charge in [0.05, 0.1) is 12.5 Å². The van der Waals surface area contributed by atoms with E-state index in [-0.39, 0.29) is 30.9 Å². The fourth-order valence-electron chi connectivity index (χ4n) is 2.55. The Bertz CT molecular complexity index is 858. The Morgan fingerprint density at radius 1 is 1.26 bits per heavy atom. The van der Waals surface area contributed by atoms with Crippen LogP contribution in [-0.2, 0) is 9.63 Å². The zero-order valence-electron chi connectivity index (χ0n) is 17.6. The number of carbonyl (C=O) groups excluding carboxylic acids is 1. The average molecular weight is 429 g/mol. The number of aliphatic hydroxyl groups excluding tert-OH is 2. The normalized spacial score (nSPS) is 15.5. The summed E-state index contributed by atoms with van der Waals surface area (Å²) in [5.41, 5.74) is 2.14. The van der Waals surface area contributed by atoms with Crippen molar-refractivity contribution in [2.45, 2.75) is 44.9 Å². The first-order valence-corrected chi connectivity index (χ1v) is 9.96. The Morgan fingerprint density at radius 3 is 2.65 bits per heavy atom. The molecule has 1 aliphatic carbocycles. The molecule has 0 spiro atoms. The lowest BCUT2D eigenvalue weighted by Gasteiger charge is -2.24. The Labute approximate surface area is 182 Å². The van der Waals surface area contributed by atoms with Gasteiger partial charge in [-0.1, -0.05) is 56.1 Å². The van der Waals surface area contributed by atoms with Crippen molar-refractivity contribution in [2.24, 2.45) is 5.41 Å². The highest BCUT2D eigenvalue weighted by Gasteiger charge is 2.26. The molecule has 0 aliphatic heterocycles. The van der Waals surface area contributed by atoms with Crippen LogP contribution in [0.3, 0.4) is 0 Å². The van der Waals surface area contributed by atoms with Crippen molar-refractivity contribution in [1.82, 2.24) is 5.48 Å². The lowest BCUT2D eigenvalue weighted by Crippen LogP contribution is -2.28. The highest BCUT2D eigenvalue weighted by molar-refractivity contribution is 5.70. The third kappa shape index (κ3) is 11.2. The number of hydroxylamine groups is 1. The summed E-state index contributed by atoms with van der Waals surface area (Å²) in [6, 6.07) is 5.57. The molecule has 31 heavy (non-hydrogen) atoms. The van der Waals surface area contributed by atoms with Crippen LogP contribution in [0.5, 0.6) is 5.75 Å². The standard InChI is InChI=1S/C24H28FNO5/c1-24(2,16-23(29)31-26-19-11-12-19)15-20(27)7-5-3-4-6-8-21(28)17-30-22-13-9-18(25)10-14-22/h3-4,6,8-14,19-21,26-28H,15-17H2,1-2H3. The quantitative estimate of drug-likeness (QED) is 0.217. The van der Waals surface area contributed by atoms with Gasteiger partial charge in [0, 0.05) is 0 Å². The Hall–Kier alpha value is -2.92. The topological polar surface area (TPSA) is 88.0 Å². The summed E-state index contributed by atoms with van der Waals surface area (Å²) in [6.45, 7) is 3.76. The first-order valence-electron chi connectivity index (χ1n) is 9.96. The van der Waals surface area contributed by atoms with E-state index in [0.717, 1.165) is 0 Å². The second-order valence-corrected chi connectivity index (χ2v) is 7.93. The summed E-state index contributed by atoms with van der Waals surface area (Å²) in [6.07, 6.45) is 8.79. The van der Waals surface area contributed by atoms with Crippen molar-refractivity contribution in [3.8, 4) is 17.6 Å². The molecular formula is C24H28FNO5. The fourth-order valence-corrected chi connectivity index (χ4v) is 2.55. The molecule has 0 saturated heterocycles. The van der Waals surface area contributed by atoms with Crippen molar-refractivity contribution < 1.29 is 29.0 Å². The maximum Gasteiger partial charge on any atom is 0.325 e. The second-order valence-electron chi connectivity index (χ2n) is 7.93. The minimum atomic E-state index is -0.885. The van der Waals surface area contributed by atoms with Gasteiger partial charge in [-0.15, -0.1) is 5.48 Å². The molecule has 0 saturated carbocycles. The molecule has 2 unspecified atom stereocenters. The van der Waals surface area contributed by atoms with Gasteiger partial charge in [-0.25, -0.2) is 4.39 Å². The molecule has 1 aromatic rings. The number of halogens is 1. The molecule has 0 amide bonds. The van der Waals surface area contributed by atoms with E-state index in [1.54, 1.807) is 18.2 Å². The Kier molecular flexibility index (Phi) is 9.47. The van der Waals surface area contributed by atoms with Crippen molar-refractivity contribution in [1.29, 1.82) is 0 Å². The fraction of sp³-hybridized carbons (Fsp3) is 0.375. The van der Waals surface area contributed by atoms with Gasteiger partial charge in [-0.2, -0.15) is 0 Å². The predicted octanol–water partition coefficient (Wildman–Crippen LogP) is 2.83. The van der Waals surface area contributed by atoms with Crippen LogP contribution in [0.1, 0.15) is 26.7 Å². The molecule has 3 N–H and O–H groups in total. The number of carbonyl (C=O) groups is 1. The molecule has 166 valence electrons. The smallest absolute Gasteiger partial charge is 0.325 e. The number of ether oxygens (including phenoxy) is 1. The van der Waals surface area contributed by atoms with E-state index in [4.69, 9.17) is 9.57 Å². The lowest BCUT2D eigenvalue weighted by atomic mass is 9.83. The largest absolute Gasteiger partial charge is 0.491 e. The van der Waals surface area contributed by atoms with Gasteiger partial charge in [0.1, 0.15) is 30.4 Å². The average Bonchev–Trinajstić information content (AvgIpc) is 3.52. The van der Waals surface area contributed by atoms with Gasteiger partial charge in [-0.05, 0) is 42.2 Å². The van der Waals surface area contributed by atoms with E-state index in [1.807, 2.05) is 26.0 Å². The van der Waals surface area contributed by atoms with Crippen molar-refractivity contribution >= 4 is 5.97 Å². The molecule has 2 atom stereocenters. The van der Waals surface area contributed by atoms with E-state index in [2.05, 4.69) is 17.3 Å².